The highest BCUT2D eigenvalue weighted by Gasteiger charge is 2.30. The van der Waals surface area contributed by atoms with E-state index in [0.717, 1.165) is 11.1 Å². The summed E-state index contributed by atoms with van der Waals surface area (Å²) in [7, 11) is 0. The van der Waals surface area contributed by atoms with E-state index in [1.165, 1.54) is 4.90 Å². The fourth-order valence-electron chi connectivity index (χ4n) is 3.12. The number of rotatable bonds is 6. The van der Waals surface area contributed by atoms with E-state index in [-0.39, 0.29) is 25.5 Å². The van der Waals surface area contributed by atoms with Gasteiger partial charge in [-0.15, -0.1) is 0 Å². The summed E-state index contributed by atoms with van der Waals surface area (Å²) in [5.74, 6) is 0.0570. The first-order chi connectivity index (χ1) is 13.6. The van der Waals surface area contributed by atoms with E-state index in [1.807, 2.05) is 48.5 Å². The summed E-state index contributed by atoms with van der Waals surface area (Å²) >= 11 is 0. The molecule has 0 unspecified atom stereocenters. The van der Waals surface area contributed by atoms with Crippen LogP contribution in [0.5, 0.6) is 0 Å². The smallest absolute Gasteiger partial charge is 0.307 e. The summed E-state index contributed by atoms with van der Waals surface area (Å²) in [6, 6.07) is 18.6. The molecule has 4 rings (SSSR count). The Balaban J connectivity index is 1.30. The van der Waals surface area contributed by atoms with Gasteiger partial charge in [0.05, 0.1) is 6.42 Å². The molecule has 2 aromatic carbocycles. The Kier molecular flexibility index (Phi) is 4.76. The molecular weight excluding hydrogens is 356 g/mol. The molecule has 1 aliphatic rings. The summed E-state index contributed by atoms with van der Waals surface area (Å²) in [5.41, 5.74) is 3.45. The molecule has 0 saturated carbocycles. The largest absolute Gasteiger partial charge is 0.459 e. The minimum absolute atomic E-state index is 0.0181. The summed E-state index contributed by atoms with van der Waals surface area (Å²) in [6.45, 7) is 4.20. The van der Waals surface area contributed by atoms with Gasteiger partial charge in [0.25, 0.3) is 5.91 Å². The molecule has 6 nitrogen and oxygen atoms in total. The van der Waals surface area contributed by atoms with E-state index >= 15 is 0 Å². The average Bonchev–Trinajstić information content (AvgIpc) is 3.30. The second kappa shape index (κ2) is 7.52. The quantitative estimate of drug-likeness (QED) is 0.612. The number of nitrogens with zero attached hydrogens (tertiary/aromatic N) is 2. The Hall–Kier alpha value is -3.67. The topological polar surface area (TPSA) is 72.6 Å². The molecule has 0 saturated heterocycles. The van der Waals surface area contributed by atoms with E-state index in [4.69, 9.17) is 9.26 Å². The zero-order valence-electron chi connectivity index (χ0n) is 15.1. The van der Waals surface area contributed by atoms with Gasteiger partial charge < -0.3 is 14.2 Å². The van der Waals surface area contributed by atoms with Crippen molar-refractivity contribution in [2.75, 3.05) is 6.54 Å². The van der Waals surface area contributed by atoms with Crippen molar-refractivity contribution in [2.45, 2.75) is 13.0 Å². The molecule has 0 fully saturated rings. The van der Waals surface area contributed by atoms with Crippen LogP contribution in [0.25, 0.3) is 17.0 Å². The van der Waals surface area contributed by atoms with Crippen LogP contribution in [0.1, 0.15) is 28.0 Å². The maximum atomic E-state index is 12.4. The van der Waals surface area contributed by atoms with Crippen molar-refractivity contribution in [3.63, 3.8) is 0 Å². The van der Waals surface area contributed by atoms with Gasteiger partial charge in [-0.05, 0) is 6.07 Å². The van der Waals surface area contributed by atoms with Crippen LogP contribution >= 0.6 is 0 Å². The number of amides is 1. The molecule has 0 radical (unpaired) electrons. The summed E-state index contributed by atoms with van der Waals surface area (Å²) in [6.07, 6.45) is 0.0716. The Labute approximate surface area is 162 Å². The van der Waals surface area contributed by atoms with Crippen LogP contribution in [0.2, 0.25) is 0 Å². The van der Waals surface area contributed by atoms with Gasteiger partial charge in [-0.3, -0.25) is 9.59 Å². The molecule has 1 aromatic heterocycles. The number of ether oxygens (including phenoxy) is 1. The lowest BCUT2D eigenvalue weighted by Gasteiger charge is -2.16. The molecule has 0 bridgehead atoms. The molecule has 6 heteroatoms. The van der Waals surface area contributed by atoms with Crippen LogP contribution in [-0.4, -0.2) is 28.5 Å². The number of esters is 1. The van der Waals surface area contributed by atoms with Gasteiger partial charge in [0.2, 0.25) is 0 Å². The average molecular weight is 374 g/mol. The molecule has 3 aromatic rings. The van der Waals surface area contributed by atoms with E-state index in [2.05, 4.69) is 11.7 Å². The van der Waals surface area contributed by atoms with Crippen LogP contribution in [0.4, 0.5) is 0 Å². The molecule has 28 heavy (non-hydrogen) atoms. The van der Waals surface area contributed by atoms with Gasteiger partial charge in [-0.1, -0.05) is 60.3 Å². The Morgan fingerprint density at radius 1 is 1.07 bits per heavy atom. The van der Waals surface area contributed by atoms with Crippen LogP contribution < -0.4 is 0 Å². The van der Waals surface area contributed by atoms with Gasteiger partial charge >= 0.3 is 5.97 Å². The Bertz CT molecular complexity index is 1000. The lowest BCUT2D eigenvalue weighted by atomic mass is 10.1. The molecule has 0 spiro atoms. The van der Waals surface area contributed by atoms with Crippen molar-refractivity contribution in [1.82, 2.24) is 10.1 Å². The predicted molar refractivity (Wildman–Crippen MR) is 103 cm³/mol. The van der Waals surface area contributed by atoms with Crippen LogP contribution in [-0.2, 0) is 16.1 Å². The molecule has 0 aliphatic carbocycles. The second-order valence-electron chi connectivity index (χ2n) is 6.41. The maximum absolute atomic E-state index is 12.4. The van der Waals surface area contributed by atoms with Crippen LogP contribution in [0.3, 0.4) is 0 Å². The number of hydrogen-bond donors (Lipinski definition) is 0. The number of hydrogen-bond acceptors (Lipinski definition) is 5. The highest BCUT2D eigenvalue weighted by Crippen LogP contribution is 2.31. The maximum Gasteiger partial charge on any atom is 0.307 e. The van der Waals surface area contributed by atoms with Crippen molar-refractivity contribution < 1.29 is 18.8 Å². The Morgan fingerprint density at radius 3 is 2.54 bits per heavy atom. The SMILES string of the molecule is C=C1c2ccccc2C(=O)N1CCC(=O)OCc1cc(-c2ccccc2)on1. The first-order valence-corrected chi connectivity index (χ1v) is 8.90. The number of carbonyl (C=O) groups is 2. The number of fused-ring (bicyclic) bond motifs is 1. The highest BCUT2D eigenvalue weighted by molar-refractivity contribution is 6.08. The van der Waals surface area contributed by atoms with E-state index in [0.29, 0.717) is 22.7 Å². The first kappa shape index (κ1) is 17.7. The minimum atomic E-state index is -0.416. The first-order valence-electron chi connectivity index (χ1n) is 8.90. The molecule has 1 amide bonds. The lowest BCUT2D eigenvalue weighted by Crippen LogP contribution is -2.26. The van der Waals surface area contributed by atoms with Gasteiger partial charge in [-0.25, -0.2) is 0 Å². The third kappa shape index (κ3) is 3.44. The second-order valence-corrected chi connectivity index (χ2v) is 6.41. The van der Waals surface area contributed by atoms with E-state index < -0.39 is 5.97 Å². The summed E-state index contributed by atoms with van der Waals surface area (Å²) in [5, 5.41) is 3.92. The van der Waals surface area contributed by atoms with Gasteiger partial charge in [-0.2, -0.15) is 0 Å². The zero-order chi connectivity index (χ0) is 19.5. The normalized spacial score (nSPS) is 12.9. The third-order valence-corrected chi connectivity index (χ3v) is 4.58. The molecule has 0 N–H and O–H groups in total. The van der Waals surface area contributed by atoms with Crippen molar-refractivity contribution in [3.8, 4) is 11.3 Å². The third-order valence-electron chi connectivity index (χ3n) is 4.58. The summed E-state index contributed by atoms with van der Waals surface area (Å²) < 4.78 is 10.5. The Morgan fingerprint density at radius 2 is 1.79 bits per heavy atom. The molecule has 2 heterocycles. The fourth-order valence-corrected chi connectivity index (χ4v) is 3.12. The van der Waals surface area contributed by atoms with E-state index in [9.17, 15) is 9.59 Å². The molecule has 140 valence electrons. The standard InChI is InChI=1S/C22H18N2O4/c1-15-18-9-5-6-10-19(18)22(26)24(15)12-11-21(25)27-14-17-13-20(28-23-17)16-7-3-2-4-8-16/h2-10,13H,1,11-12,14H2. The van der Waals surface area contributed by atoms with Crippen LogP contribution in [0, 0.1) is 0 Å². The monoisotopic (exact) mass is 374 g/mol. The van der Waals surface area contributed by atoms with Crippen molar-refractivity contribution in [2.24, 2.45) is 0 Å². The molecular formula is C22H18N2O4. The molecule has 1 aliphatic heterocycles. The zero-order valence-corrected chi connectivity index (χ0v) is 15.1. The predicted octanol–water partition coefficient (Wildman–Crippen LogP) is 3.90. The fraction of sp³-hybridized carbons (Fsp3) is 0.136. The lowest BCUT2D eigenvalue weighted by molar-refractivity contribution is -0.145. The van der Waals surface area contributed by atoms with Gasteiger partial charge in [0, 0.05) is 35.0 Å². The van der Waals surface area contributed by atoms with Crippen molar-refractivity contribution >= 4 is 17.6 Å². The van der Waals surface area contributed by atoms with Crippen LogP contribution in [0.15, 0.2) is 71.8 Å². The number of benzene rings is 2. The van der Waals surface area contributed by atoms with Gasteiger partial charge in [0.1, 0.15) is 12.3 Å². The van der Waals surface area contributed by atoms with Crippen molar-refractivity contribution in [3.05, 3.63) is 84.1 Å². The number of aromatic nitrogens is 1. The number of carbonyl (C=O) groups excluding carboxylic acids is 2. The van der Waals surface area contributed by atoms with Crippen molar-refractivity contribution in [1.29, 1.82) is 0 Å². The summed E-state index contributed by atoms with van der Waals surface area (Å²) in [4.78, 5) is 26.0. The molecule has 0 atom stereocenters. The van der Waals surface area contributed by atoms with Gasteiger partial charge in [0.15, 0.2) is 5.76 Å². The minimum Gasteiger partial charge on any atom is -0.459 e. The highest BCUT2D eigenvalue weighted by atomic mass is 16.5. The van der Waals surface area contributed by atoms with E-state index in [1.54, 1.807) is 12.1 Å².